The van der Waals surface area contributed by atoms with E-state index in [0.717, 1.165) is 29.4 Å². The van der Waals surface area contributed by atoms with Crippen molar-refractivity contribution >= 4 is 22.8 Å². The molecule has 0 bridgehead atoms. The first-order valence-corrected chi connectivity index (χ1v) is 8.81. The summed E-state index contributed by atoms with van der Waals surface area (Å²) in [7, 11) is 0. The van der Waals surface area contributed by atoms with Gasteiger partial charge in [-0.25, -0.2) is 0 Å². The van der Waals surface area contributed by atoms with Crippen molar-refractivity contribution in [3.05, 3.63) is 72.0 Å². The first-order chi connectivity index (χ1) is 12.7. The maximum atomic E-state index is 12.4. The van der Waals surface area contributed by atoms with Crippen LogP contribution >= 0.6 is 0 Å². The zero-order valence-electron chi connectivity index (χ0n) is 14.3. The van der Waals surface area contributed by atoms with Gasteiger partial charge in [0.15, 0.2) is 0 Å². The van der Waals surface area contributed by atoms with Crippen molar-refractivity contribution in [3.8, 4) is 0 Å². The minimum atomic E-state index is -0.408. The zero-order valence-corrected chi connectivity index (χ0v) is 14.3. The molecule has 1 aromatic heterocycles. The van der Waals surface area contributed by atoms with Gasteiger partial charge < -0.3 is 15.1 Å². The molecule has 0 unspecified atom stereocenters. The smallest absolute Gasteiger partial charge is 0.240 e. The summed E-state index contributed by atoms with van der Waals surface area (Å²) in [6.45, 7) is -0.0289. The molecule has 1 heterocycles. The maximum absolute atomic E-state index is 12.4. The van der Waals surface area contributed by atoms with E-state index < -0.39 is 6.04 Å². The number of para-hydroxylation sites is 1. The van der Waals surface area contributed by atoms with Crippen LogP contribution in [0.3, 0.4) is 0 Å². The van der Waals surface area contributed by atoms with E-state index in [1.807, 2.05) is 60.7 Å². The number of hydrogen-bond donors (Lipinski definition) is 2. The molecular weight excluding hydrogens is 328 g/mol. The molecule has 2 N–H and O–H groups in total. The Kier molecular flexibility index (Phi) is 4.44. The predicted molar refractivity (Wildman–Crippen MR) is 98.4 cm³/mol. The molecule has 1 saturated carbocycles. The van der Waals surface area contributed by atoms with Gasteiger partial charge in [-0.15, -0.1) is 0 Å². The summed E-state index contributed by atoms with van der Waals surface area (Å²) in [5.74, 6) is 0.468. The van der Waals surface area contributed by atoms with E-state index in [4.69, 9.17) is 4.42 Å². The van der Waals surface area contributed by atoms with Gasteiger partial charge in [-0.05, 0) is 30.5 Å². The van der Waals surface area contributed by atoms with Gasteiger partial charge in [-0.2, -0.15) is 0 Å². The van der Waals surface area contributed by atoms with Crippen LogP contribution in [0.25, 0.3) is 11.0 Å². The Bertz CT molecular complexity index is 896. The Balaban J connectivity index is 1.54. The molecule has 0 aliphatic heterocycles. The summed E-state index contributed by atoms with van der Waals surface area (Å²) in [6.07, 6.45) is 1.83. The van der Waals surface area contributed by atoms with E-state index in [0.29, 0.717) is 5.76 Å². The first kappa shape index (κ1) is 16.4. The van der Waals surface area contributed by atoms with Gasteiger partial charge in [-0.1, -0.05) is 48.5 Å². The molecule has 132 valence electrons. The quantitative estimate of drug-likeness (QED) is 0.719. The molecule has 1 aliphatic carbocycles. The van der Waals surface area contributed by atoms with Crippen LogP contribution in [0.15, 0.2) is 65.1 Å². The maximum Gasteiger partial charge on any atom is 0.240 e. The largest absolute Gasteiger partial charge is 0.459 e. The van der Waals surface area contributed by atoms with Crippen LogP contribution in [0, 0.1) is 5.92 Å². The zero-order chi connectivity index (χ0) is 17.9. The molecule has 1 atom stereocenters. The Labute approximate surface area is 151 Å². The summed E-state index contributed by atoms with van der Waals surface area (Å²) in [4.78, 5) is 24.1. The lowest BCUT2D eigenvalue weighted by Gasteiger charge is -2.17. The number of nitrogens with one attached hydrogen (secondary N) is 2. The number of carbonyl (C=O) groups excluding carboxylic acids is 2. The minimum Gasteiger partial charge on any atom is -0.459 e. The van der Waals surface area contributed by atoms with E-state index in [1.54, 1.807) is 0 Å². The second-order valence-electron chi connectivity index (χ2n) is 6.59. The first-order valence-electron chi connectivity index (χ1n) is 8.81. The highest BCUT2D eigenvalue weighted by Gasteiger charge is 2.30. The minimum absolute atomic E-state index is 0.0289. The third-order valence-electron chi connectivity index (χ3n) is 4.54. The van der Waals surface area contributed by atoms with Gasteiger partial charge in [-0.3, -0.25) is 9.59 Å². The van der Waals surface area contributed by atoms with Gasteiger partial charge in [0.05, 0.1) is 6.54 Å². The molecule has 3 aromatic rings. The van der Waals surface area contributed by atoms with Gasteiger partial charge >= 0.3 is 0 Å². The van der Waals surface area contributed by atoms with E-state index in [-0.39, 0.29) is 24.3 Å². The predicted octanol–water partition coefficient (Wildman–Crippen LogP) is 3.16. The lowest BCUT2D eigenvalue weighted by atomic mass is 10.0. The van der Waals surface area contributed by atoms with Crippen molar-refractivity contribution in [1.29, 1.82) is 0 Å². The molecule has 2 aromatic carbocycles. The number of benzene rings is 2. The van der Waals surface area contributed by atoms with Crippen LogP contribution in [0.4, 0.5) is 0 Å². The Morgan fingerprint density at radius 2 is 1.77 bits per heavy atom. The second-order valence-corrected chi connectivity index (χ2v) is 6.59. The fourth-order valence-corrected chi connectivity index (χ4v) is 2.98. The van der Waals surface area contributed by atoms with Crippen LogP contribution in [-0.4, -0.2) is 18.4 Å². The van der Waals surface area contributed by atoms with Gasteiger partial charge in [0.25, 0.3) is 0 Å². The van der Waals surface area contributed by atoms with E-state index >= 15 is 0 Å². The number of rotatable bonds is 6. The average Bonchev–Trinajstić information content (AvgIpc) is 3.43. The fraction of sp³-hybridized carbons (Fsp3) is 0.238. The van der Waals surface area contributed by atoms with Crippen molar-refractivity contribution in [3.63, 3.8) is 0 Å². The molecule has 4 rings (SSSR count). The molecule has 5 heteroatoms. The molecular formula is C21H20N2O3. The summed E-state index contributed by atoms with van der Waals surface area (Å²) < 4.78 is 5.96. The fourth-order valence-electron chi connectivity index (χ4n) is 2.98. The Hall–Kier alpha value is -3.08. The number of amides is 2. The highest BCUT2D eigenvalue weighted by atomic mass is 16.3. The van der Waals surface area contributed by atoms with Gasteiger partial charge in [0, 0.05) is 11.3 Å². The number of hydrogen-bond acceptors (Lipinski definition) is 3. The molecule has 2 amide bonds. The van der Waals surface area contributed by atoms with Crippen molar-refractivity contribution in [2.24, 2.45) is 5.92 Å². The summed E-state index contributed by atoms with van der Waals surface area (Å²) in [5, 5.41) is 6.66. The van der Waals surface area contributed by atoms with Crippen molar-refractivity contribution in [2.75, 3.05) is 6.54 Å². The average molecular weight is 348 g/mol. The van der Waals surface area contributed by atoms with Crippen molar-refractivity contribution < 1.29 is 14.0 Å². The van der Waals surface area contributed by atoms with Crippen molar-refractivity contribution in [1.82, 2.24) is 10.6 Å². The molecule has 1 fully saturated rings. The molecule has 5 nitrogen and oxygen atoms in total. The summed E-state index contributed by atoms with van der Waals surface area (Å²) >= 11 is 0. The summed E-state index contributed by atoms with van der Waals surface area (Å²) in [6, 6.07) is 18.9. The normalized spacial score (nSPS) is 14.8. The molecule has 0 saturated heterocycles. The van der Waals surface area contributed by atoms with Crippen LogP contribution in [0.5, 0.6) is 0 Å². The third-order valence-corrected chi connectivity index (χ3v) is 4.54. The number of fused-ring (bicyclic) bond motifs is 1. The Morgan fingerprint density at radius 1 is 1.04 bits per heavy atom. The summed E-state index contributed by atoms with van der Waals surface area (Å²) in [5.41, 5.74) is 1.70. The molecule has 0 spiro atoms. The monoisotopic (exact) mass is 348 g/mol. The Morgan fingerprint density at radius 3 is 2.50 bits per heavy atom. The third kappa shape index (κ3) is 3.61. The van der Waals surface area contributed by atoms with E-state index in [9.17, 15) is 9.59 Å². The van der Waals surface area contributed by atoms with Gasteiger partial charge in [0.1, 0.15) is 17.4 Å². The lowest BCUT2D eigenvalue weighted by Crippen LogP contribution is -2.39. The van der Waals surface area contributed by atoms with Crippen LogP contribution in [0.1, 0.15) is 30.2 Å². The highest BCUT2D eigenvalue weighted by Crippen LogP contribution is 2.29. The molecule has 1 aliphatic rings. The topological polar surface area (TPSA) is 71.3 Å². The second kappa shape index (κ2) is 7.04. The molecule has 26 heavy (non-hydrogen) atoms. The number of furan rings is 1. The van der Waals surface area contributed by atoms with Crippen LogP contribution in [-0.2, 0) is 9.59 Å². The van der Waals surface area contributed by atoms with Gasteiger partial charge in [0.2, 0.25) is 11.8 Å². The van der Waals surface area contributed by atoms with E-state index in [1.165, 1.54) is 0 Å². The van der Waals surface area contributed by atoms with Crippen LogP contribution < -0.4 is 10.6 Å². The highest BCUT2D eigenvalue weighted by molar-refractivity contribution is 5.87. The van der Waals surface area contributed by atoms with E-state index in [2.05, 4.69) is 10.6 Å². The lowest BCUT2D eigenvalue weighted by molar-refractivity contribution is -0.127. The number of carbonyl (C=O) groups is 2. The van der Waals surface area contributed by atoms with Crippen molar-refractivity contribution in [2.45, 2.75) is 18.9 Å². The van der Waals surface area contributed by atoms with Crippen LogP contribution in [0.2, 0.25) is 0 Å². The SMILES string of the molecule is O=C(CNC(=O)C1CC1)N[C@H](c1ccccc1)c1cc2ccccc2o1. The molecule has 0 radical (unpaired) electrons. The standard InChI is InChI=1S/C21H20N2O3/c24-19(13-22-21(25)15-10-11-15)23-20(14-6-2-1-3-7-14)18-12-16-8-4-5-9-17(16)26-18/h1-9,12,15,20H,10-11,13H2,(H,22,25)(H,23,24)/t20-/m1/s1.